The Kier molecular flexibility index (Phi) is 4.01. The van der Waals surface area contributed by atoms with Crippen molar-refractivity contribution < 1.29 is 21.6 Å². The van der Waals surface area contributed by atoms with Gasteiger partial charge in [-0.3, -0.25) is 0 Å². The van der Waals surface area contributed by atoms with Crippen molar-refractivity contribution in [3.05, 3.63) is 29.8 Å². The summed E-state index contributed by atoms with van der Waals surface area (Å²) in [6.07, 6.45) is 1.88. The van der Waals surface area contributed by atoms with Crippen LogP contribution in [0.5, 0.6) is 0 Å². The third kappa shape index (κ3) is 2.48. The minimum atomic E-state index is -3.65. The normalized spacial score (nSPS) is 29.3. The SMILES string of the molecule is COCCN1[C@@]2(CCN(S(=O)(=O)C3CC3)C2)c2ccccc2S1(=O)=O. The van der Waals surface area contributed by atoms with Gasteiger partial charge in [0.2, 0.25) is 20.0 Å². The molecule has 0 amide bonds. The Balaban J connectivity index is 1.78. The Labute approximate surface area is 148 Å². The average molecular weight is 386 g/mol. The predicted octanol–water partition coefficient (Wildman–Crippen LogP) is 0.731. The third-order valence-electron chi connectivity index (χ3n) is 5.45. The second kappa shape index (κ2) is 5.75. The molecule has 0 radical (unpaired) electrons. The zero-order valence-electron chi connectivity index (χ0n) is 14.1. The molecule has 1 aromatic rings. The summed E-state index contributed by atoms with van der Waals surface area (Å²) < 4.78 is 59.5. The lowest BCUT2D eigenvalue weighted by Crippen LogP contribution is -2.48. The Morgan fingerprint density at radius 2 is 2.00 bits per heavy atom. The van der Waals surface area contributed by atoms with Crippen molar-refractivity contribution in [2.24, 2.45) is 0 Å². The molecule has 3 aliphatic rings. The van der Waals surface area contributed by atoms with Gasteiger partial charge in [-0.25, -0.2) is 16.8 Å². The summed E-state index contributed by atoms with van der Waals surface area (Å²) in [5, 5.41) is -0.289. The van der Waals surface area contributed by atoms with Crippen molar-refractivity contribution >= 4 is 20.0 Å². The Hall–Kier alpha value is -1.00. The summed E-state index contributed by atoms with van der Waals surface area (Å²) in [5.41, 5.74) is -0.116. The van der Waals surface area contributed by atoms with E-state index >= 15 is 0 Å². The Morgan fingerprint density at radius 3 is 2.68 bits per heavy atom. The topological polar surface area (TPSA) is 84.0 Å². The van der Waals surface area contributed by atoms with Crippen LogP contribution in [0.1, 0.15) is 24.8 Å². The van der Waals surface area contributed by atoms with E-state index in [2.05, 4.69) is 0 Å². The number of sulfonamides is 2. The number of hydrogen-bond acceptors (Lipinski definition) is 5. The van der Waals surface area contributed by atoms with Gasteiger partial charge in [-0.05, 0) is 30.9 Å². The maximum Gasteiger partial charge on any atom is 0.244 e. The van der Waals surface area contributed by atoms with Crippen LogP contribution in [0, 0.1) is 0 Å². The molecule has 0 aromatic heterocycles. The molecule has 0 unspecified atom stereocenters. The molecule has 7 nitrogen and oxygen atoms in total. The molecule has 2 aliphatic heterocycles. The summed E-state index contributed by atoms with van der Waals surface area (Å²) in [6, 6.07) is 6.94. The molecule has 138 valence electrons. The molecule has 0 bridgehead atoms. The molecule has 0 N–H and O–H groups in total. The Bertz CT molecular complexity index is 895. The van der Waals surface area contributed by atoms with Gasteiger partial charge in [0.05, 0.1) is 22.3 Å². The van der Waals surface area contributed by atoms with Crippen molar-refractivity contribution in [3.63, 3.8) is 0 Å². The first-order valence-corrected chi connectivity index (χ1v) is 11.4. The first-order valence-electron chi connectivity index (χ1n) is 8.44. The van der Waals surface area contributed by atoms with Gasteiger partial charge in [0.1, 0.15) is 0 Å². The van der Waals surface area contributed by atoms with E-state index in [4.69, 9.17) is 4.74 Å². The van der Waals surface area contributed by atoms with E-state index < -0.39 is 25.6 Å². The van der Waals surface area contributed by atoms with Crippen LogP contribution in [-0.4, -0.2) is 64.0 Å². The number of ether oxygens (including phenoxy) is 1. The van der Waals surface area contributed by atoms with Gasteiger partial charge in [0, 0.05) is 26.7 Å². The number of rotatable bonds is 5. The second-order valence-corrected chi connectivity index (χ2v) is 11.0. The summed E-state index contributed by atoms with van der Waals surface area (Å²) in [5.74, 6) is 0. The van der Waals surface area contributed by atoms with Gasteiger partial charge >= 0.3 is 0 Å². The van der Waals surface area contributed by atoms with Gasteiger partial charge in [0.25, 0.3) is 0 Å². The summed E-state index contributed by atoms with van der Waals surface area (Å²) in [4.78, 5) is 0.289. The second-order valence-electron chi connectivity index (χ2n) is 6.93. The summed E-state index contributed by atoms with van der Waals surface area (Å²) in [7, 11) is -5.46. The maximum atomic E-state index is 13.1. The van der Waals surface area contributed by atoms with Crippen LogP contribution < -0.4 is 0 Å². The van der Waals surface area contributed by atoms with E-state index in [0.717, 1.165) is 0 Å². The standard InChI is InChI=1S/C16H22N2O5S2/c1-23-11-10-18-16(14-4-2-3-5-15(14)25(18,21)22)8-9-17(12-16)24(19,20)13-6-7-13/h2-5,13H,6-12H2,1H3/t16-/m1/s1. The number of benzene rings is 1. The highest BCUT2D eigenvalue weighted by molar-refractivity contribution is 7.90. The van der Waals surface area contributed by atoms with E-state index in [1.54, 1.807) is 12.1 Å². The quantitative estimate of drug-likeness (QED) is 0.745. The van der Waals surface area contributed by atoms with Crippen LogP contribution in [-0.2, 0) is 30.3 Å². The largest absolute Gasteiger partial charge is 0.383 e. The maximum absolute atomic E-state index is 13.1. The molecule has 2 heterocycles. The van der Waals surface area contributed by atoms with Gasteiger partial charge in [-0.1, -0.05) is 18.2 Å². The highest BCUT2D eigenvalue weighted by atomic mass is 32.2. The lowest BCUT2D eigenvalue weighted by molar-refractivity contribution is 0.135. The molecule has 1 saturated carbocycles. The Morgan fingerprint density at radius 1 is 1.28 bits per heavy atom. The molecule has 25 heavy (non-hydrogen) atoms. The van der Waals surface area contributed by atoms with Crippen molar-refractivity contribution in [3.8, 4) is 0 Å². The molecular formula is C16H22N2O5S2. The monoisotopic (exact) mass is 386 g/mol. The molecular weight excluding hydrogens is 364 g/mol. The number of hydrogen-bond donors (Lipinski definition) is 0. The molecule has 1 atom stereocenters. The zero-order valence-corrected chi connectivity index (χ0v) is 15.7. The van der Waals surface area contributed by atoms with Crippen LogP contribution >= 0.6 is 0 Å². The molecule has 1 saturated heterocycles. The van der Waals surface area contributed by atoms with E-state index in [1.165, 1.54) is 15.7 Å². The van der Waals surface area contributed by atoms with E-state index in [-0.39, 0.29) is 29.8 Å². The minimum Gasteiger partial charge on any atom is -0.383 e. The molecule has 9 heteroatoms. The fraction of sp³-hybridized carbons (Fsp3) is 0.625. The minimum absolute atomic E-state index is 0.186. The van der Waals surface area contributed by atoms with Crippen molar-refractivity contribution in [1.82, 2.24) is 8.61 Å². The fourth-order valence-corrected chi connectivity index (χ4v) is 7.98. The van der Waals surface area contributed by atoms with Gasteiger partial charge in [0.15, 0.2) is 0 Å². The van der Waals surface area contributed by atoms with Crippen LogP contribution in [0.15, 0.2) is 29.2 Å². The van der Waals surface area contributed by atoms with Gasteiger partial charge in [-0.2, -0.15) is 8.61 Å². The van der Waals surface area contributed by atoms with Crippen LogP contribution in [0.25, 0.3) is 0 Å². The molecule has 2 fully saturated rings. The lowest BCUT2D eigenvalue weighted by Gasteiger charge is -2.33. The molecule has 4 rings (SSSR count). The van der Waals surface area contributed by atoms with Gasteiger partial charge < -0.3 is 4.74 Å². The van der Waals surface area contributed by atoms with Crippen LogP contribution in [0.4, 0.5) is 0 Å². The van der Waals surface area contributed by atoms with Crippen molar-refractivity contribution in [1.29, 1.82) is 0 Å². The summed E-state index contributed by atoms with van der Waals surface area (Å²) in [6.45, 7) is 1.02. The first kappa shape index (κ1) is 17.4. The van der Waals surface area contributed by atoms with Crippen LogP contribution in [0.3, 0.4) is 0 Å². The summed E-state index contributed by atoms with van der Waals surface area (Å²) >= 11 is 0. The predicted molar refractivity (Wildman–Crippen MR) is 92.0 cm³/mol. The lowest BCUT2D eigenvalue weighted by atomic mass is 9.89. The first-order chi connectivity index (χ1) is 11.8. The highest BCUT2D eigenvalue weighted by Crippen LogP contribution is 2.50. The number of nitrogens with zero attached hydrogens (tertiary/aromatic N) is 2. The van der Waals surface area contributed by atoms with E-state index in [9.17, 15) is 16.8 Å². The molecule has 1 spiro atoms. The third-order valence-corrected chi connectivity index (χ3v) is 9.82. The molecule has 1 aromatic carbocycles. The fourth-order valence-electron chi connectivity index (χ4n) is 4.04. The van der Waals surface area contributed by atoms with E-state index in [0.29, 0.717) is 31.4 Å². The van der Waals surface area contributed by atoms with Crippen molar-refractivity contribution in [2.45, 2.75) is 34.9 Å². The van der Waals surface area contributed by atoms with E-state index in [1.807, 2.05) is 12.1 Å². The van der Waals surface area contributed by atoms with Crippen LogP contribution in [0.2, 0.25) is 0 Å². The number of fused-ring (bicyclic) bond motifs is 2. The zero-order chi connectivity index (χ0) is 17.9. The average Bonchev–Trinajstić information content (AvgIpc) is 3.32. The smallest absolute Gasteiger partial charge is 0.244 e. The highest BCUT2D eigenvalue weighted by Gasteiger charge is 2.59. The molecule has 1 aliphatic carbocycles. The van der Waals surface area contributed by atoms with Crippen molar-refractivity contribution in [2.75, 3.05) is 33.4 Å². The number of methoxy groups -OCH3 is 1. The van der Waals surface area contributed by atoms with Gasteiger partial charge in [-0.15, -0.1) is 0 Å².